The van der Waals surface area contributed by atoms with E-state index in [0.717, 1.165) is 5.56 Å². The highest BCUT2D eigenvalue weighted by Gasteiger charge is 2.20. The lowest BCUT2D eigenvalue weighted by Gasteiger charge is -2.12. The summed E-state index contributed by atoms with van der Waals surface area (Å²) in [6.45, 7) is 7.10. The Balaban J connectivity index is 0.000000242. The zero-order valence-corrected chi connectivity index (χ0v) is 24.9. The second kappa shape index (κ2) is 15.9. The second-order valence-electron chi connectivity index (χ2n) is 10.1. The summed E-state index contributed by atoms with van der Waals surface area (Å²) >= 11 is 0. The summed E-state index contributed by atoms with van der Waals surface area (Å²) in [5.74, 6) is -1.41. The zero-order valence-electron chi connectivity index (χ0n) is 24.9. The minimum Gasteiger partial charge on any atom is -0.466 e. The molecule has 220 valence electrons. The van der Waals surface area contributed by atoms with E-state index in [1.165, 1.54) is 0 Å². The molecule has 4 aromatic carbocycles. The molecule has 0 radical (unpaired) electrons. The van der Waals surface area contributed by atoms with Crippen molar-refractivity contribution in [3.63, 3.8) is 0 Å². The summed E-state index contributed by atoms with van der Waals surface area (Å²) in [4.78, 5) is 59.9. The van der Waals surface area contributed by atoms with Crippen LogP contribution in [0.5, 0.6) is 0 Å². The van der Waals surface area contributed by atoms with Crippen LogP contribution in [0.2, 0.25) is 0 Å². The number of carbonyl (C=O) groups is 5. The summed E-state index contributed by atoms with van der Waals surface area (Å²) in [5.41, 5.74) is 4.00. The third kappa shape index (κ3) is 9.27. The molecule has 4 rings (SSSR count). The number of rotatable bonds is 11. The molecular formula is C37H36O6. The molecule has 4 aromatic rings. The van der Waals surface area contributed by atoms with E-state index in [9.17, 15) is 24.0 Å². The van der Waals surface area contributed by atoms with Crippen LogP contribution in [0.15, 0.2) is 109 Å². The predicted molar refractivity (Wildman–Crippen MR) is 166 cm³/mol. The molecule has 43 heavy (non-hydrogen) atoms. The summed E-state index contributed by atoms with van der Waals surface area (Å²) < 4.78 is 4.80. The van der Waals surface area contributed by atoms with E-state index in [-0.39, 0.29) is 42.1 Å². The Hall–Kier alpha value is -4.97. The summed E-state index contributed by atoms with van der Waals surface area (Å²) in [5, 5.41) is 0. The van der Waals surface area contributed by atoms with Gasteiger partial charge in [0.1, 0.15) is 12.2 Å². The van der Waals surface area contributed by atoms with E-state index in [1.54, 1.807) is 81.4 Å². The number of ketones is 4. The molecule has 0 bridgehead atoms. The van der Waals surface area contributed by atoms with Gasteiger partial charge in [0.2, 0.25) is 0 Å². The van der Waals surface area contributed by atoms with Crippen LogP contribution in [0.25, 0.3) is 0 Å². The Labute approximate surface area is 252 Å². The van der Waals surface area contributed by atoms with Crippen molar-refractivity contribution in [2.24, 2.45) is 0 Å². The molecule has 0 aromatic heterocycles. The van der Waals surface area contributed by atoms with Gasteiger partial charge in [0.25, 0.3) is 0 Å². The van der Waals surface area contributed by atoms with Gasteiger partial charge in [-0.15, -0.1) is 0 Å². The topological polar surface area (TPSA) is 94.6 Å². The Morgan fingerprint density at radius 1 is 0.581 bits per heavy atom. The van der Waals surface area contributed by atoms with E-state index >= 15 is 0 Å². The monoisotopic (exact) mass is 576 g/mol. The van der Waals surface area contributed by atoms with E-state index in [2.05, 4.69) is 0 Å². The van der Waals surface area contributed by atoms with Crippen molar-refractivity contribution >= 4 is 29.1 Å². The minimum absolute atomic E-state index is 0.0156. The molecule has 2 atom stereocenters. The molecule has 0 unspecified atom stereocenters. The number of hydrogen-bond donors (Lipinski definition) is 0. The Bertz CT molecular complexity index is 1570. The Morgan fingerprint density at radius 2 is 1.00 bits per heavy atom. The molecule has 0 amide bonds. The molecule has 6 heteroatoms. The van der Waals surface area contributed by atoms with Gasteiger partial charge in [0.05, 0.1) is 6.61 Å². The van der Waals surface area contributed by atoms with Crippen molar-refractivity contribution in [3.8, 4) is 0 Å². The number of benzene rings is 4. The highest BCUT2D eigenvalue weighted by atomic mass is 16.5. The molecule has 0 aliphatic rings. The third-order valence-electron chi connectivity index (χ3n) is 7.09. The van der Waals surface area contributed by atoms with Crippen LogP contribution < -0.4 is 0 Å². The lowest BCUT2D eigenvalue weighted by atomic mass is 9.92. The first-order chi connectivity index (χ1) is 20.6. The fourth-order valence-electron chi connectivity index (χ4n) is 4.34. The van der Waals surface area contributed by atoms with Gasteiger partial charge < -0.3 is 4.74 Å². The van der Waals surface area contributed by atoms with E-state index < -0.39 is 11.9 Å². The number of carbonyl (C=O) groups excluding carboxylic acids is 5. The smallest absolute Gasteiger partial charge is 0.313 e. The van der Waals surface area contributed by atoms with Crippen molar-refractivity contribution in [3.05, 3.63) is 143 Å². The number of Topliss-reactive ketones (excluding diaryl/α,β-unsaturated/α-hetero) is 2. The molecule has 0 saturated heterocycles. The summed E-state index contributed by atoms with van der Waals surface area (Å²) in [6, 6.07) is 32.4. The van der Waals surface area contributed by atoms with Crippen molar-refractivity contribution in [1.29, 1.82) is 0 Å². The molecule has 0 aliphatic carbocycles. The minimum atomic E-state index is -0.522. The van der Waals surface area contributed by atoms with Crippen LogP contribution >= 0.6 is 0 Å². The average molecular weight is 577 g/mol. The quantitative estimate of drug-likeness (QED) is 0.107. The van der Waals surface area contributed by atoms with Crippen LogP contribution in [-0.2, 0) is 19.1 Å². The highest BCUT2D eigenvalue weighted by molar-refractivity contribution is 6.10. The second-order valence-corrected chi connectivity index (χ2v) is 10.1. The maximum Gasteiger partial charge on any atom is 0.313 e. The van der Waals surface area contributed by atoms with Gasteiger partial charge >= 0.3 is 5.97 Å². The fraction of sp³-hybridized carbons (Fsp3) is 0.216. The van der Waals surface area contributed by atoms with E-state index in [1.807, 2.05) is 55.5 Å². The Morgan fingerprint density at radius 3 is 1.42 bits per heavy atom. The maximum atomic E-state index is 12.5. The first-order valence-electron chi connectivity index (χ1n) is 14.2. The SMILES string of the molecule is CC(=O)[C@@H](C)c1cccc(C(=O)c2ccccc2)c1.CCOC(=O)CC(=O)[C@@H](C)c1cccc(C(=O)c2ccccc2)c1. The average Bonchev–Trinajstić information content (AvgIpc) is 3.04. The molecule has 6 nitrogen and oxygen atoms in total. The Kier molecular flexibility index (Phi) is 12.0. The van der Waals surface area contributed by atoms with E-state index in [0.29, 0.717) is 27.8 Å². The van der Waals surface area contributed by atoms with Gasteiger partial charge in [0, 0.05) is 34.1 Å². The van der Waals surface area contributed by atoms with Crippen LogP contribution in [-0.4, -0.2) is 35.7 Å². The normalized spacial score (nSPS) is 11.7. The zero-order chi connectivity index (χ0) is 31.4. The molecule has 0 fully saturated rings. The molecule has 0 saturated carbocycles. The van der Waals surface area contributed by atoms with Gasteiger partial charge in [-0.05, 0) is 37.1 Å². The van der Waals surface area contributed by atoms with Crippen molar-refractivity contribution in [1.82, 2.24) is 0 Å². The predicted octanol–water partition coefficient (Wildman–Crippen LogP) is 7.15. The summed E-state index contributed by atoms with van der Waals surface area (Å²) in [7, 11) is 0. The lowest BCUT2D eigenvalue weighted by Crippen LogP contribution is -2.16. The van der Waals surface area contributed by atoms with Crippen molar-refractivity contribution in [2.45, 2.75) is 46.0 Å². The number of esters is 1. The molecule has 0 spiro atoms. The summed E-state index contributed by atoms with van der Waals surface area (Å²) in [6.07, 6.45) is -0.258. The van der Waals surface area contributed by atoms with E-state index in [4.69, 9.17) is 4.74 Å². The van der Waals surface area contributed by atoms with Gasteiger partial charge in [-0.1, -0.05) is 111 Å². The van der Waals surface area contributed by atoms with Gasteiger partial charge in [-0.3, -0.25) is 24.0 Å². The van der Waals surface area contributed by atoms with Crippen LogP contribution in [0.1, 0.15) is 88.9 Å². The van der Waals surface area contributed by atoms with Crippen LogP contribution in [0.3, 0.4) is 0 Å². The molecular weight excluding hydrogens is 540 g/mol. The highest BCUT2D eigenvalue weighted by Crippen LogP contribution is 2.21. The number of hydrogen-bond acceptors (Lipinski definition) is 6. The largest absolute Gasteiger partial charge is 0.466 e. The first kappa shape index (κ1) is 32.5. The molecule has 0 heterocycles. The van der Waals surface area contributed by atoms with Gasteiger partial charge in [0.15, 0.2) is 17.3 Å². The van der Waals surface area contributed by atoms with Gasteiger partial charge in [-0.2, -0.15) is 0 Å². The lowest BCUT2D eigenvalue weighted by molar-refractivity contribution is -0.145. The third-order valence-corrected chi connectivity index (χ3v) is 7.09. The van der Waals surface area contributed by atoms with Crippen molar-refractivity contribution in [2.75, 3.05) is 6.61 Å². The number of ether oxygens (including phenoxy) is 1. The van der Waals surface area contributed by atoms with Crippen molar-refractivity contribution < 1.29 is 28.7 Å². The fourth-order valence-corrected chi connectivity index (χ4v) is 4.34. The van der Waals surface area contributed by atoms with Crippen LogP contribution in [0.4, 0.5) is 0 Å². The van der Waals surface area contributed by atoms with Gasteiger partial charge in [-0.25, -0.2) is 0 Å². The van der Waals surface area contributed by atoms with Crippen LogP contribution in [0, 0.1) is 0 Å². The first-order valence-corrected chi connectivity index (χ1v) is 14.2. The molecule has 0 N–H and O–H groups in total. The molecule has 0 aliphatic heterocycles. The maximum absolute atomic E-state index is 12.5. The standard InChI is InChI=1S/C20H20O4.C17H16O2/c1-3-24-19(22)13-18(21)14(2)16-10-7-11-17(12-16)20(23)15-8-5-4-6-9-15;1-12(13(2)18)15-9-6-10-16(11-15)17(19)14-7-4-3-5-8-14/h4-12,14H,3,13H2,1-2H3;3-12H,1-2H3/t14-;12-/m01/s1.